The Labute approximate surface area is 137 Å². The van der Waals surface area contributed by atoms with Crippen molar-refractivity contribution in [2.45, 2.75) is 6.92 Å². The second kappa shape index (κ2) is 7.97. The van der Waals surface area contributed by atoms with Gasteiger partial charge in [0.05, 0.1) is 0 Å². The molecule has 0 atom stereocenters. The number of methoxy groups -OCH3 is 1. The van der Waals surface area contributed by atoms with Crippen LogP contribution < -0.4 is 4.90 Å². The van der Waals surface area contributed by atoms with Gasteiger partial charge in [-0.15, -0.1) is 0 Å². The highest BCUT2D eigenvalue weighted by Gasteiger charge is 2.24. The molecule has 1 aliphatic heterocycles. The second-order valence-corrected chi connectivity index (χ2v) is 5.67. The Hall–Kier alpha value is -2.08. The summed E-state index contributed by atoms with van der Waals surface area (Å²) in [6.07, 6.45) is 0. The maximum Gasteiger partial charge on any atom is 0.253 e. The minimum Gasteiger partial charge on any atom is -0.375 e. The Morgan fingerprint density at radius 2 is 1.65 bits per heavy atom. The van der Waals surface area contributed by atoms with Gasteiger partial charge >= 0.3 is 0 Å². The van der Waals surface area contributed by atoms with Crippen LogP contribution in [0.1, 0.15) is 17.3 Å². The van der Waals surface area contributed by atoms with Crippen LogP contribution in [0.15, 0.2) is 24.3 Å². The van der Waals surface area contributed by atoms with Crippen LogP contribution in [-0.2, 0) is 9.53 Å². The van der Waals surface area contributed by atoms with Crippen LogP contribution in [0.3, 0.4) is 0 Å². The van der Waals surface area contributed by atoms with E-state index < -0.39 is 0 Å². The minimum atomic E-state index is -0.0217. The number of ether oxygens (including phenoxy) is 1. The van der Waals surface area contributed by atoms with Crippen LogP contribution in [0.4, 0.5) is 5.69 Å². The van der Waals surface area contributed by atoms with Crippen molar-refractivity contribution >= 4 is 17.5 Å². The molecule has 1 saturated heterocycles. The van der Waals surface area contributed by atoms with Crippen LogP contribution in [0, 0.1) is 0 Å². The molecule has 0 bridgehead atoms. The predicted molar refractivity (Wildman–Crippen MR) is 89.7 cm³/mol. The quantitative estimate of drug-likeness (QED) is 0.815. The second-order valence-electron chi connectivity index (χ2n) is 5.67. The minimum absolute atomic E-state index is 0.0217. The fourth-order valence-corrected chi connectivity index (χ4v) is 2.60. The van der Waals surface area contributed by atoms with Gasteiger partial charge in [-0.05, 0) is 31.2 Å². The summed E-state index contributed by atoms with van der Waals surface area (Å²) in [5, 5.41) is 0. The molecule has 1 aromatic rings. The highest BCUT2D eigenvalue weighted by molar-refractivity contribution is 5.94. The van der Waals surface area contributed by atoms with E-state index in [1.165, 1.54) is 7.11 Å². The van der Waals surface area contributed by atoms with Crippen molar-refractivity contribution in [1.29, 1.82) is 0 Å². The molecule has 126 valence electrons. The lowest BCUT2D eigenvalue weighted by atomic mass is 10.1. The normalized spacial score (nSPS) is 14.7. The van der Waals surface area contributed by atoms with Gasteiger partial charge in [-0.3, -0.25) is 9.59 Å². The van der Waals surface area contributed by atoms with Crippen molar-refractivity contribution in [3.05, 3.63) is 29.8 Å². The fraction of sp³-hybridized carbons (Fsp3) is 0.529. The van der Waals surface area contributed by atoms with Crippen molar-refractivity contribution in [3.63, 3.8) is 0 Å². The molecule has 0 aromatic heterocycles. The molecule has 0 spiro atoms. The molecule has 1 fully saturated rings. The van der Waals surface area contributed by atoms with Crippen molar-refractivity contribution < 1.29 is 14.3 Å². The van der Waals surface area contributed by atoms with Gasteiger partial charge in [-0.2, -0.15) is 0 Å². The number of hydrogen-bond donors (Lipinski definition) is 0. The van der Waals surface area contributed by atoms with Crippen LogP contribution in [-0.4, -0.2) is 75.1 Å². The number of anilines is 1. The molecule has 0 radical (unpaired) electrons. The van der Waals surface area contributed by atoms with E-state index in [0.717, 1.165) is 12.2 Å². The number of rotatable bonds is 5. The summed E-state index contributed by atoms with van der Waals surface area (Å²) in [4.78, 5) is 30.0. The monoisotopic (exact) mass is 319 g/mol. The first kappa shape index (κ1) is 17.3. The van der Waals surface area contributed by atoms with Crippen molar-refractivity contribution in [2.75, 3.05) is 58.4 Å². The van der Waals surface area contributed by atoms with Crippen LogP contribution in [0.25, 0.3) is 0 Å². The maximum atomic E-state index is 12.5. The van der Waals surface area contributed by atoms with Crippen LogP contribution >= 0.6 is 0 Å². The van der Waals surface area contributed by atoms with E-state index in [4.69, 9.17) is 4.74 Å². The first-order valence-corrected chi connectivity index (χ1v) is 7.94. The Kier molecular flexibility index (Phi) is 5.98. The van der Waals surface area contributed by atoms with Crippen LogP contribution in [0.2, 0.25) is 0 Å². The number of hydrogen-bond acceptors (Lipinski definition) is 4. The van der Waals surface area contributed by atoms with E-state index in [1.807, 2.05) is 31.3 Å². The summed E-state index contributed by atoms with van der Waals surface area (Å²) < 4.78 is 4.86. The lowest BCUT2D eigenvalue weighted by Crippen LogP contribution is -2.51. The largest absolute Gasteiger partial charge is 0.375 e. The number of carbonyl (C=O) groups excluding carboxylic acids is 2. The number of piperazine rings is 1. The van der Waals surface area contributed by atoms with Gasteiger partial charge in [0.25, 0.3) is 5.91 Å². The molecule has 2 rings (SSSR count). The molecule has 2 amide bonds. The van der Waals surface area contributed by atoms with Crippen LogP contribution in [0.5, 0.6) is 0 Å². The molecule has 1 heterocycles. The van der Waals surface area contributed by atoms with Gasteiger partial charge in [0.2, 0.25) is 5.91 Å². The highest BCUT2D eigenvalue weighted by atomic mass is 16.5. The summed E-state index contributed by atoms with van der Waals surface area (Å²) in [5.41, 5.74) is 1.79. The molecule has 0 aliphatic carbocycles. The molecule has 1 aliphatic rings. The van der Waals surface area contributed by atoms with Crippen molar-refractivity contribution in [1.82, 2.24) is 9.80 Å². The van der Waals surface area contributed by atoms with Gasteiger partial charge in [-0.1, -0.05) is 0 Å². The predicted octanol–water partition coefficient (Wildman–Crippen LogP) is 1.07. The number of benzene rings is 1. The SMILES string of the molecule is CCN(C)c1ccc(C(=O)N2CCN(C(=O)COC)CC2)cc1. The third-order valence-electron chi connectivity index (χ3n) is 4.22. The third kappa shape index (κ3) is 4.22. The summed E-state index contributed by atoms with van der Waals surface area (Å²) in [6, 6.07) is 7.67. The number of nitrogens with zero attached hydrogens (tertiary/aromatic N) is 3. The first-order chi connectivity index (χ1) is 11.1. The third-order valence-corrected chi connectivity index (χ3v) is 4.22. The molecular formula is C17H25N3O3. The van der Waals surface area contributed by atoms with E-state index in [0.29, 0.717) is 31.7 Å². The molecule has 0 N–H and O–H groups in total. The van der Waals surface area contributed by atoms with E-state index in [2.05, 4.69) is 11.8 Å². The standard InChI is InChI=1S/C17H25N3O3/c1-4-18(2)15-7-5-14(6-8-15)17(22)20-11-9-19(10-12-20)16(21)13-23-3/h5-8H,4,9-13H2,1-3H3. The molecule has 6 heteroatoms. The van der Waals surface area contributed by atoms with Crippen molar-refractivity contribution in [3.8, 4) is 0 Å². The Morgan fingerprint density at radius 1 is 1.09 bits per heavy atom. The zero-order valence-electron chi connectivity index (χ0n) is 14.1. The van der Waals surface area contributed by atoms with Gasteiger partial charge < -0.3 is 19.4 Å². The summed E-state index contributed by atoms with van der Waals surface area (Å²) >= 11 is 0. The topological polar surface area (TPSA) is 53.1 Å². The molecule has 1 aromatic carbocycles. The van der Waals surface area contributed by atoms with E-state index in [9.17, 15) is 9.59 Å². The van der Waals surface area contributed by atoms with Gasteiger partial charge in [0, 0.05) is 58.1 Å². The van der Waals surface area contributed by atoms with E-state index >= 15 is 0 Å². The maximum absolute atomic E-state index is 12.5. The summed E-state index contributed by atoms with van der Waals surface area (Å²) in [6.45, 7) is 5.35. The first-order valence-electron chi connectivity index (χ1n) is 7.94. The fourth-order valence-electron chi connectivity index (χ4n) is 2.60. The van der Waals surface area contributed by atoms with E-state index in [-0.39, 0.29) is 18.4 Å². The Morgan fingerprint density at radius 3 is 2.17 bits per heavy atom. The molecule has 0 saturated carbocycles. The highest BCUT2D eigenvalue weighted by Crippen LogP contribution is 2.15. The average molecular weight is 319 g/mol. The molecule has 0 unspecified atom stereocenters. The zero-order valence-corrected chi connectivity index (χ0v) is 14.1. The lowest BCUT2D eigenvalue weighted by molar-refractivity contribution is -0.136. The van der Waals surface area contributed by atoms with E-state index in [1.54, 1.807) is 9.80 Å². The van der Waals surface area contributed by atoms with Crippen molar-refractivity contribution in [2.24, 2.45) is 0 Å². The number of carbonyl (C=O) groups is 2. The summed E-state index contributed by atoms with van der Waals surface area (Å²) in [5.74, 6) is 0.00102. The molecule has 6 nitrogen and oxygen atoms in total. The van der Waals surface area contributed by atoms with Gasteiger partial charge in [-0.25, -0.2) is 0 Å². The Balaban J connectivity index is 1.93. The smallest absolute Gasteiger partial charge is 0.253 e. The average Bonchev–Trinajstić information content (AvgIpc) is 2.61. The van der Waals surface area contributed by atoms with Gasteiger partial charge in [0.15, 0.2) is 0 Å². The zero-order chi connectivity index (χ0) is 16.8. The molecular weight excluding hydrogens is 294 g/mol. The Bertz CT molecular complexity index is 537. The van der Waals surface area contributed by atoms with Gasteiger partial charge in [0.1, 0.15) is 6.61 Å². The summed E-state index contributed by atoms with van der Waals surface area (Å²) in [7, 11) is 3.53. The lowest BCUT2D eigenvalue weighted by Gasteiger charge is -2.34. The number of amides is 2. The molecule has 23 heavy (non-hydrogen) atoms.